The van der Waals surface area contributed by atoms with Gasteiger partial charge in [-0.1, -0.05) is 5.21 Å². The molecule has 0 spiro atoms. The summed E-state index contributed by atoms with van der Waals surface area (Å²) in [5, 5.41) is 10.8. The minimum Gasteiger partial charge on any atom is -0.369 e. The standard InChI is InChI=1S/C9H12N6/c1(6-15-7-5-13-14-15)2-11-9-8-10-3-4-12-9/h3-5,7-8H,1-2,6H2,(H,11,12). The van der Waals surface area contributed by atoms with Gasteiger partial charge in [0.25, 0.3) is 0 Å². The summed E-state index contributed by atoms with van der Waals surface area (Å²) in [4.78, 5) is 8.07. The topological polar surface area (TPSA) is 68.5 Å². The van der Waals surface area contributed by atoms with Crippen LogP contribution in [0.1, 0.15) is 6.42 Å². The molecule has 0 radical (unpaired) electrons. The molecule has 0 saturated heterocycles. The lowest BCUT2D eigenvalue weighted by Gasteiger charge is -2.03. The molecule has 15 heavy (non-hydrogen) atoms. The quantitative estimate of drug-likeness (QED) is 0.721. The maximum absolute atomic E-state index is 4.10. The third kappa shape index (κ3) is 3.01. The molecule has 0 aromatic carbocycles. The molecule has 2 aromatic rings. The van der Waals surface area contributed by atoms with E-state index in [1.54, 1.807) is 29.5 Å². The van der Waals surface area contributed by atoms with Crippen LogP contribution >= 0.6 is 0 Å². The Morgan fingerprint density at radius 3 is 3.00 bits per heavy atom. The lowest BCUT2D eigenvalue weighted by Crippen LogP contribution is -2.08. The molecule has 0 amide bonds. The molecule has 0 bridgehead atoms. The van der Waals surface area contributed by atoms with E-state index in [4.69, 9.17) is 0 Å². The van der Waals surface area contributed by atoms with E-state index in [1.165, 1.54) is 0 Å². The van der Waals surface area contributed by atoms with Gasteiger partial charge in [0, 0.05) is 31.7 Å². The number of rotatable bonds is 5. The summed E-state index contributed by atoms with van der Waals surface area (Å²) in [6, 6.07) is 0. The van der Waals surface area contributed by atoms with E-state index in [0.29, 0.717) is 0 Å². The normalized spacial score (nSPS) is 10.1. The van der Waals surface area contributed by atoms with Gasteiger partial charge < -0.3 is 5.32 Å². The minimum atomic E-state index is 0.802. The van der Waals surface area contributed by atoms with Crippen molar-refractivity contribution in [2.24, 2.45) is 0 Å². The van der Waals surface area contributed by atoms with Crippen molar-refractivity contribution in [3.63, 3.8) is 0 Å². The van der Waals surface area contributed by atoms with Gasteiger partial charge in [0.15, 0.2) is 0 Å². The highest BCUT2D eigenvalue weighted by atomic mass is 15.4. The average molecular weight is 204 g/mol. The van der Waals surface area contributed by atoms with E-state index in [-0.39, 0.29) is 0 Å². The smallest absolute Gasteiger partial charge is 0.144 e. The molecule has 2 aromatic heterocycles. The lowest BCUT2D eigenvalue weighted by molar-refractivity contribution is 0.569. The largest absolute Gasteiger partial charge is 0.369 e. The monoisotopic (exact) mass is 204 g/mol. The van der Waals surface area contributed by atoms with Crippen LogP contribution in [0.15, 0.2) is 31.0 Å². The summed E-state index contributed by atoms with van der Waals surface area (Å²) in [5.74, 6) is 0.802. The van der Waals surface area contributed by atoms with Crippen molar-refractivity contribution in [2.75, 3.05) is 11.9 Å². The SMILES string of the molecule is c1cnc(NCCCn2ccnn2)cn1. The maximum atomic E-state index is 4.10. The molecule has 1 N–H and O–H groups in total. The number of anilines is 1. The Morgan fingerprint density at radius 1 is 1.27 bits per heavy atom. The minimum absolute atomic E-state index is 0.802. The first kappa shape index (κ1) is 9.57. The Morgan fingerprint density at radius 2 is 2.27 bits per heavy atom. The van der Waals surface area contributed by atoms with E-state index >= 15 is 0 Å². The average Bonchev–Trinajstić information content (AvgIpc) is 2.79. The number of hydrogen-bond donors (Lipinski definition) is 1. The molecule has 0 aliphatic rings. The fraction of sp³-hybridized carbons (Fsp3) is 0.333. The summed E-state index contributed by atoms with van der Waals surface area (Å²) < 4.78 is 1.80. The lowest BCUT2D eigenvalue weighted by atomic mass is 10.4. The van der Waals surface area contributed by atoms with Crippen LogP contribution in [0.5, 0.6) is 0 Å². The summed E-state index contributed by atoms with van der Waals surface area (Å²) >= 11 is 0. The molecule has 0 saturated carbocycles. The first-order chi connectivity index (χ1) is 7.45. The van der Waals surface area contributed by atoms with Gasteiger partial charge in [-0.25, -0.2) is 4.98 Å². The van der Waals surface area contributed by atoms with Crippen molar-refractivity contribution in [3.05, 3.63) is 31.0 Å². The summed E-state index contributed by atoms with van der Waals surface area (Å²) in [6.45, 7) is 1.70. The fourth-order valence-electron chi connectivity index (χ4n) is 1.20. The van der Waals surface area contributed by atoms with Crippen LogP contribution in [-0.4, -0.2) is 31.5 Å². The van der Waals surface area contributed by atoms with Gasteiger partial charge in [-0.2, -0.15) is 0 Å². The Hall–Kier alpha value is -1.98. The summed E-state index contributed by atoms with van der Waals surface area (Å²) in [5.41, 5.74) is 0. The van der Waals surface area contributed by atoms with Gasteiger partial charge in [-0.05, 0) is 6.42 Å². The molecule has 2 heterocycles. The molecule has 6 heteroatoms. The van der Waals surface area contributed by atoms with Gasteiger partial charge in [0.05, 0.1) is 12.4 Å². The molecular formula is C9H12N6. The zero-order valence-electron chi connectivity index (χ0n) is 8.24. The third-order valence-corrected chi connectivity index (χ3v) is 1.91. The van der Waals surface area contributed by atoms with E-state index in [2.05, 4.69) is 25.6 Å². The Balaban J connectivity index is 1.68. The number of nitrogens with one attached hydrogen (secondary N) is 1. The van der Waals surface area contributed by atoms with Crippen LogP contribution in [0.25, 0.3) is 0 Å². The Labute approximate surface area is 87.4 Å². The molecule has 0 aliphatic heterocycles. The fourth-order valence-corrected chi connectivity index (χ4v) is 1.20. The van der Waals surface area contributed by atoms with E-state index in [0.717, 1.165) is 25.3 Å². The van der Waals surface area contributed by atoms with Crippen molar-refractivity contribution in [3.8, 4) is 0 Å². The first-order valence-electron chi connectivity index (χ1n) is 4.79. The second-order valence-electron chi connectivity index (χ2n) is 3.04. The van der Waals surface area contributed by atoms with E-state index in [9.17, 15) is 0 Å². The first-order valence-corrected chi connectivity index (χ1v) is 4.79. The van der Waals surface area contributed by atoms with Crippen molar-refractivity contribution in [1.29, 1.82) is 0 Å². The van der Waals surface area contributed by atoms with Crippen molar-refractivity contribution in [1.82, 2.24) is 25.0 Å². The maximum Gasteiger partial charge on any atom is 0.144 e. The zero-order chi connectivity index (χ0) is 10.3. The molecule has 0 fully saturated rings. The van der Waals surface area contributed by atoms with E-state index in [1.807, 2.05) is 6.20 Å². The Bertz CT molecular complexity index is 371. The second kappa shape index (κ2) is 5.04. The van der Waals surface area contributed by atoms with Crippen LogP contribution in [0, 0.1) is 0 Å². The molecule has 0 unspecified atom stereocenters. The van der Waals surface area contributed by atoms with Crippen LogP contribution in [0.3, 0.4) is 0 Å². The number of aromatic nitrogens is 5. The molecule has 78 valence electrons. The van der Waals surface area contributed by atoms with E-state index < -0.39 is 0 Å². The van der Waals surface area contributed by atoms with Crippen molar-refractivity contribution < 1.29 is 0 Å². The van der Waals surface area contributed by atoms with Crippen LogP contribution in [-0.2, 0) is 6.54 Å². The van der Waals surface area contributed by atoms with Gasteiger partial charge in [-0.15, -0.1) is 5.10 Å². The molecule has 6 nitrogen and oxygen atoms in total. The van der Waals surface area contributed by atoms with Gasteiger partial charge in [-0.3, -0.25) is 9.67 Å². The molecular weight excluding hydrogens is 192 g/mol. The van der Waals surface area contributed by atoms with Gasteiger partial charge in [0.2, 0.25) is 0 Å². The van der Waals surface area contributed by atoms with Crippen LogP contribution in [0.4, 0.5) is 5.82 Å². The summed E-state index contributed by atoms with van der Waals surface area (Å²) in [7, 11) is 0. The highest BCUT2D eigenvalue weighted by molar-refractivity contribution is 5.29. The van der Waals surface area contributed by atoms with Crippen molar-refractivity contribution in [2.45, 2.75) is 13.0 Å². The second-order valence-corrected chi connectivity index (χ2v) is 3.04. The summed E-state index contributed by atoms with van der Waals surface area (Å²) in [6.07, 6.45) is 9.52. The number of hydrogen-bond acceptors (Lipinski definition) is 5. The Kier molecular flexibility index (Phi) is 3.22. The van der Waals surface area contributed by atoms with Gasteiger partial charge in [0.1, 0.15) is 5.82 Å². The van der Waals surface area contributed by atoms with Crippen LogP contribution < -0.4 is 5.32 Å². The molecule has 0 atom stereocenters. The molecule has 2 rings (SSSR count). The van der Waals surface area contributed by atoms with Crippen molar-refractivity contribution >= 4 is 5.82 Å². The number of aryl methyl sites for hydroxylation is 1. The zero-order valence-corrected chi connectivity index (χ0v) is 8.24. The third-order valence-electron chi connectivity index (χ3n) is 1.91. The van der Waals surface area contributed by atoms with Crippen LogP contribution in [0.2, 0.25) is 0 Å². The molecule has 0 aliphatic carbocycles. The predicted octanol–water partition coefficient (Wildman–Crippen LogP) is 0.570. The highest BCUT2D eigenvalue weighted by Gasteiger charge is 1.93. The van der Waals surface area contributed by atoms with Gasteiger partial charge >= 0.3 is 0 Å². The highest BCUT2D eigenvalue weighted by Crippen LogP contribution is 1.97. The number of nitrogens with zero attached hydrogens (tertiary/aromatic N) is 5. The predicted molar refractivity (Wildman–Crippen MR) is 55.2 cm³/mol.